The predicted octanol–water partition coefficient (Wildman–Crippen LogP) is 4.48. The highest BCUT2D eigenvalue weighted by molar-refractivity contribution is 6.35. The number of pyridine rings is 2. The van der Waals surface area contributed by atoms with Gasteiger partial charge in [-0.25, -0.2) is 4.98 Å². The highest BCUT2D eigenvalue weighted by Crippen LogP contribution is 2.39. The van der Waals surface area contributed by atoms with Crippen LogP contribution in [0.2, 0.25) is 10.0 Å². The fraction of sp³-hybridized carbons (Fsp3) is 0.357. The second kappa shape index (κ2) is 10.1. The summed E-state index contributed by atoms with van der Waals surface area (Å²) in [6.07, 6.45) is 6.44. The molecule has 206 valence electrons. The number of aromatic amines is 1. The lowest BCUT2D eigenvalue weighted by Gasteiger charge is -2.49. The molecule has 2 aliphatic rings. The molecule has 4 aromatic rings. The number of rotatable bonds is 9. The molecule has 2 fully saturated rings. The lowest BCUT2D eigenvalue weighted by Crippen LogP contribution is -2.69. The van der Waals surface area contributed by atoms with Crippen molar-refractivity contribution in [3.05, 3.63) is 58.0 Å². The maximum Gasteiger partial charge on any atom is 0.162 e. The van der Waals surface area contributed by atoms with Crippen molar-refractivity contribution in [2.24, 2.45) is 0 Å². The summed E-state index contributed by atoms with van der Waals surface area (Å²) in [5.41, 5.74) is 2.45. The molecule has 0 atom stereocenters. The van der Waals surface area contributed by atoms with Gasteiger partial charge in [0.2, 0.25) is 0 Å². The van der Waals surface area contributed by atoms with Gasteiger partial charge in [-0.3, -0.25) is 10.1 Å². The first-order chi connectivity index (χ1) is 19.2. The number of nitrogens with one attached hydrogen (secondary N) is 2. The largest absolute Gasteiger partial charge is 0.493 e. The molecule has 1 aromatic carbocycles. The molecule has 0 radical (unpaired) electrons. The number of nitriles is 1. The van der Waals surface area contributed by atoms with Crippen LogP contribution in [0.15, 0.2) is 36.8 Å². The topological polar surface area (TPSA) is 132 Å². The molecule has 10 nitrogen and oxygen atoms in total. The monoisotopic (exact) mass is 579 g/mol. The van der Waals surface area contributed by atoms with Crippen LogP contribution in [0, 0.1) is 11.3 Å². The van der Waals surface area contributed by atoms with Crippen molar-refractivity contribution in [2.45, 2.75) is 37.5 Å². The normalized spacial score (nSPS) is 16.9. The Morgan fingerprint density at radius 1 is 1.15 bits per heavy atom. The van der Waals surface area contributed by atoms with E-state index in [-0.39, 0.29) is 12.1 Å². The first-order valence-electron chi connectivity index (χ1n) is 12.8. The number of halogens is 2. The Hall–Kier alpha value is -3.62. The summed E-state index contributed by atoms with van der Waals surface area (Å²) < 4.78 is 11.6. The Balaban J connectivity index is 1.25. The molecule has 1 saturated carbocycles. The van der Waals surface area contributed by atoms with E-state index in [0.29, 0.717) is 69.4 Å². The van der Waals surface area contributed by atoms with E-state index in [0.717, 1.165) is 23.7 Å². The van der Waals surface area contributed by atoms with E-state index in [2.05, 4.69) is 43.4 Å². The van der Waals surface area contributed by atoms with Crippen molar-refractivity contribution in [2.75, 3.05) is 31.6 Å². The van der Waals surface area contributed by atoms with E-state index < -0.39 is 5.60 Å². The Morgan fingerprint density at radius 2 is 1.90 bits per heavy atom. The molecule has 6 rings (SSSR count). The highest BCUT2D eigenvalue weighted by atomic mass is 35.5. The third-order valence-corrected chi connectivity index (χ3v) is 8.13. The molecule has 0 unspecified atom stereocenters. The first kappa shape index (κ1) is 26.6. The van der Waals surface area contributed by atoms with Crippen LogP contribution in [0.1, 0.15) is 30.9 Å². The van der Waals surface area contributed by atoms with Crippen LogP contribution in [-0.2, 0) is 6.61 Å². The predicted molar refractivity (Wildman–Crippen MR) is 152 cm³/mol. The van der Waals surface area contributed by atoms with Gasteiger partial charge in [-0.15, -0.1) is 0 Å². The number of H-pyrrole nitrogens is 1. The van der Waals surface area contributed by atoms with Gasteiger partial charge in [-0.05, 0) is 31.9 Å². The van der Waals surface area contributed by atoms with Crippen molar-refractivity contribution >= 4 is 39.9 Å². The molecular formula is C28H27Cl2N7O3. The molecular weight excluding hydrogens is 553 g/mol. The van der Waals surface area contributed by atoms with E-state index in [1.165, 1.54) is 12.4 Å². The van der Waals surface area contributed by atoms with Crippen LogP contribution in [0.25, 0.3) is 22.2 Å². The van der Waals surface area contributed by atoms with Gasteiger partial charge in [-0.2, -0.15) is 10.4 Å². The summed E-state index contributed by atoms with van der Waals surface area (Å²) in [5, 5.41) is 32.7. The summed E-state index contributed by atoms with van der Waals surface area (Å²) in [5.74, 6) is 1.63. The van der Waals surface area contributed by atoms with Crippen molar-refractivity contribution in [3.8, 4) is 28.8 Å². The fourth-order valence-corrected chi connectivity index (χ4v) is 5.39. The first-order valence-corrected chi connectivity index (χ1v) is 13.6. The summed E-state index contributed by atoms with van der Waals surface area (Å²) in [6.45, 7) is 4.21. The Bertz CT molecular complexity index is 1620. The minimum absolute atomic E-state index is 0.118. The van der Waals surface area contributed by atoms with Gasteiger partial charge in [-0.1, -0.05) is 23.2 Å². The van der Waals surface area contributed by atoms with E-state index in [4.69, 9.17) is 32.7 Å². The second-order valence-corrected chi connectivity index (χ2v) is 11.5. The van der Waals surface area contributed by atoms with Gasteiger partial charge in [0.1, 0.15) is 24.2 Å². The molecule has 0 spiro atoms. The van der Waals surface area contributed by atoms with E-state index in [1.54, 1.807) is 25.4 Å². The lowest BCUT2D eigenvalue weighted by molar-refractivity contribution is 0.127. The van der Waals surface area contributed by atoms with E-state index in [1.807, 2.05) is 6.07 Å². The minimum Gasteiger partial charge on any atom is -0.493 e. The number of β-amino-alcohol motifs (C(OH)–C–C–N with tert-alkyl or cyclic N) is 1. The average Bonchev–Trinajstić information content (AvgIpc) is 3.53. The minimum atomic E-state index is -0.554. The zero-order valence-electron chi connectivity index (χ0n) is 22.0. The molecule has 1 aliphatic carbocycles. The van der Waals surface area contributed by atoms with Gasteiger partial charge in [0.05, 0.1) is 39.4 Å². The SMILES string of the molecule is COc1cc2[nH]nc(-c3cnc(N4CC(C)(NCC5(O)CC5)C4)c(C#N)c3)c2cc1OCc1c(Cl)cncc1Cl. The molecule has 40 heavy (non-hydrogen) atoms. The van der Waals surface area contributed by atoms with Crippen LogP contribution < -0.4 is 19.7 Å². The van der Waals surface area contributed by atoms with E-state index in [9.17, 15) is 10.4 Å². The number of hydrogen-bond acceptors (Lipinski definition) is 9. The maximum absolute atomic E-state index is 10.2. The Morgan fingerprint density at radius 3 is 2.58 bits per heavy atom. The fourth-order valence-electron chi connectivity index (χ4n) is 4.92. The van der Waals surface area contributed by atoms with Crippen LogP contribution in [0.3, 0.4) is 0 Å². The van der Waals surface area contributed by atoms with Gasteiger partial charge in [0.25, 0.3) is 0 Å². The average molecular weight is 580 g/mol. The van der Waals surface area contributed by atoms with Crippen LogP contribution in [0.4, 0.5) is 5.82 Å². The lowest BCUT2D eigenvalue weighted by atomic mass is 9.91. The summed E-state index contributed by atoms with van der Waals surface area (Å²) in [4.78, 5) is 10.7. The third kappa shape index (κ3) is 5.02. The molecule has 0 bridgehead atoms. The standard InChI is InChI=1S/C28H27Cl2N7O3/c1-27(34-13-28(38)3-4-28)14-37(15-27)26-16(8-31)5-17(9-33-26)25-18-6-24(23(39-2)7-22(18)35-36-25)40-12-19-20(29)10-32-11-21(19)30/h5-7,9-11,34,38H,3-4,12-15H2,1-2H3,(H,35,36). The van der Waals surface area contributed by atoms with Crippen molar-refractivity contribution in [1.29, 1.82) is 5.26 Å². The Labute approximate surface area is 240 Å². The number of anilines is 1. The molecule has 0 amide bonds. The zero-order valence-corrected chi connectivity index (χ0v) is 23.5. The molecule has 1 aliphatic heterocycles. The molecule has 1 saturated heterocycles. The Kier molecular flexibility index (Phi) is 6.71. The maximum atomic E-state index is 10.2. The van der Waals surface area contributed by atoms with Crippen LogP contribution in [0.5, 0.6) is 11.5 Å². The van der Waals surface area contributed by atoms with Crippen molar-refractivity contribution < 1.29 is 14.6 Å². The number of aliphatic hydroxyl groups is 1. The molecule has 12 heteroatoms. The highest BCUT2D eigenvalue weighted by Gasteiger charge is 2.45. The summed E-state index contributed by atoms with van der Waals surface area (Å²) >= 11 is 12.5. The number of benzene rings is 1. The van der Waals surface area contributed by atoms with Crippen LogP contribution in [-0.4, -0.2) is 63.2 Å². The number of hydrogen-bond donors (Lipinski definition) is 3. The summed E-state index contributed by atoms with van der Waals surface area (Å²) in [7, 11) is 1.56. The number of methoxy groups -OCH3 is 1. The molecule has 4 heterocycles. The number of nitrogens with zero attached hydrogens (tertiary/aromatic N) is 5. The van der Waals surface area contributed by atoms with Crippen LogP contribution >= 0.6 is 23.2 Å². The van der Waals surface area contributed by atoms with Crippen molar-refractivity contribution in [3.63, 3.8) is 0 Å². The van der Waals surface area contributed by atoms with E-state index >= 15 is 0 Å². The smallest absolute Gasteiger partial charge is 0.162 e. The van der Waals surface area contributed by atoms with Crippen molar-refractivity contribution in [1.82, 2.24) is 25.5 Å². The molecule has 3 N–H and O–H groups in total. The molecule has 3 aromatic heterocycles. The third-order valence-electron chi connectivity index (χ3n) is 7.48. The number of fused-ring (bicyclic) bond motifs is 1. The second-order valence-electron chi connectivity index (χ2n) is 10.7. The van der Waals surface area contributed by atoms with Gasteiger partial charge in [0.15, 0.2) is 11.5 Å². The quantitative estimate of drug-likeness (QED) is 0.262. The number of aromatic nitrogens is 4. The van der Waals surface area contributed by atoms with Gasteiger partial charge >= 0.3 is 0 Å². The zero-order chi connectivity index (χ0) is 28.1. The number of ether oxygens (including phenoxy) is 2. The van der Waals surface area contributed by atoms with Gasteiger partial charge < -0.3 is 24.8 Å². The summed E-state index contributed by atoms with van der Waals surface area (Å²) in [6, 6.07) is 7.72. The van der Waals surface area contributed by atoms with Gasteiger partial charge in [0, 0.05) is 60.8 Å².